The number of aromatic nitrogens is 4. The van der Waals surface area contributed by atoms with E-state index >= 15 is 0 Å². The predicted octanol–water partition coefficient (Wildman–Crippen LogP) is 2.06. The molecule has 78 valence electrons. The number of rotatable bonds is 2. The van der Waals surface area contributed by atoms with Crippen LogP contribution < -0.4 is 0 Å². The van der Waals surface area contributed by atoms with E-state index in [9.17, 15) is 0 Å². The van der Waals surface area contributed by atoms with Crippen molar-refractivity contribution in [2.75, 3.05) is 0 Å². The summed E-state index contributed by atoms with van der Waals surface area (Å²) in [6, 6.07) is 10.1. The first-order chi connectivity index (χ1) is 7.93. The molecule has 0 unspecified atom stereocenters. The molecule has 0 amide bonds. The fourth-order valence-corrected chi connectivity index (χ4v) is 1.59. The van der Waals surface area contributed by atoms with Gasteiger partial charge in [0.1, 0.15) is 12.7 Å². The van der Waals surface area contributed by atoms with Crippen LogP contribution in [0.3, 0.4) is 0 Å². The molecule has 3 aromatic rings. The molecule has 0 atom stereocenters. The zero-order chi connectivity index (χ0) is 10.8. The Hall–Kier alpha value is -2.36. The van der Waals surface area contributed by atoms with Gasteiger partial charge >= 0.3 is 0 Å². The highest BCUT2D eigenvalue weighted by atomic mass is 15.5. The van der Waals surface area contributed by atoms with Crippen LogP contribution in [0.25, 0.3) is 11.3 Å². The summed E-state index contributed by atoms with van der Waals surface area (Å²) >= 11 is 0. The first-order valence-corrected chi connectivity index (χ1v) is 5.01. The van der Waals surface area contributed by atoms with Crippen molar-refractivity contribution in [3.05, 3.63) is 61.6 Å². The van der Waals surface area contributed by atoms with Crippen LogP contribution in [0.4, 0.5) is 0 Å². The van der Waals surface area contributed by atoms with Gasteiger partial charge in [0.25, 0.3) is 0 Å². The van der Waals surface area contributed by atoms with Gasteiger partial charge in [-0.15, -0.1) is 0 Å². The van der Waals surface area contributed by atoms with Crippen LogP contribution in [0.1, 0.15) is 0 Å². The van der Waals surface area contributed by atoms with Gasteiger partial charge in [-0.05, 0) is 0 Å². The molecule has 0 N–H and O–H groups in total. The van der Waals surface area contributed by atoms with Crippen molar-refractivity contribution in [3.63, 3.8) is 0 Å². The predicted molar refractivity (Wildman–Crippen MR) is 60.7 cm³/mol. The molecule has 0 aliphatic rings. The summed E-state index contributed by atoms with van der Waals surface area (Å²) < 4.78 is 3.74. The molecule has 0 spiro atoms. The second kappa shape index (κ2) is 3.66. The van der Waals surface area contributed by atoms with Crippen LogP contribution in [0, 0.1) is 0 Å². The number of hydrogen-bond donors (Lipinski definition) is 0. The van der Waals surface area contributed by atoms with Gasteiger partial charge in [0.05, 0.1) is 11.9 Å². The van der Waals surface area contributed by atoms with Crippen molar-refractivity contribution in [1.82, 2.24) is 19.3 Å². The molecule has 3 rings (SSSR count). The quantitative estimate of drug-likeness (QED) is 0.649. The summed E-state index contributed by atoms with van der Waals surface area (Å²) in [5.74, 6) is 0. The minimum absolute atomic E-state index is 0.953. The average Bonchev–Trinajstić information content (AvgIpc) is 3.01. The molecule has 0 bridgehead atoms. The first-order valence-electron chi connectivity index (χ1n) is 5.01. The Labute approximate surface area is 92.8 Å². The topological polar surface area (TPSA) is 35.6 Å². The lowest BCUT2D eigenvalue weighted by molar-refractivity contribution is 0.657. The summed E-state index contributed by atoms with van der Waals surface area (Å²) in [4.78, 5) is 8.35. The lowest BCUT2D eigenvalue weighted by Gasteiger charge is -1.99. The smallest absolute Gasteiger partial charge is 0.116 e. The molecule has 16 heavy (non-hydrogen) atoms. The van der Waals surface area contributed by atoms with E-state index in [4.69, 9.17) is 0 Å². The normalized spacial score (nSPS) is 10.5. The van der Waals surface area contributed by atoms with E-state index in [1.54, 1.807) is 18.9 Å². The Balaban J connectivity index is 2.00. The van der Waals surface area contributed by atoms with Crippen molar-refractivity contribution >= 4 is 0 Å². The zero-order valence-corrected chi connectivity index (χ0v) is 8.56. The van der Waals surface area contributed by atoms with Gasteiger partial charge in [-0.3, -0.25) is 0 Å². The van der Waals surface area contributed by atoms with Crippen molar-refractivity contribution in [3.8, 4) is 11.3 Å². The lowest BCUT2D eigenvalue weighted by Crippen LogP contribution is -2.02. The molecule has 0 aliphatic heterocycles. The van der Waals surface area contributed by atoms with E-state index in [-0.39, 0.29) is 0 Å². The molecule has 4 heteroatoms. The SMILES string of the molecule is c1ccc(-c2cn(-n3ccnc3)cn2)cc1. The maximum atomic E-state index is 4.36. The van der Waals surface area contributed by atoms with Crippen molar-refractivity contribution < 1.29 is 0 Å². The van der Waals surface area contributed by atoms with E-state index < -0.39 is 0 Å². The fraction of sp³-hybridized carbons (Fsp3) is 0. The Morgan fingerprint density at radius 2 is 1.81 bits per heavy atom. The van der Waals surface area contributed by atoms with E-state index in [1.165, 1.54) is 0 Å². The van der Waals surface area contributed by atoms with Gasteiger partial charge in [0.15, 0.2) is 0 Å². The minimum atomic E-state index is 0.953. The molecule has 4 nitrogen and oxygen atoms in total. The van der Waals surface area contributed by atoms with Crippen LogP contribution in [0.5, 0.6) is 0 Å². The van der Waals surface area contributed by atoms with Gasteiger partial charge < -0.3 is 0 Å². The third-order valence-electron chi connectivity index (χ3n) is 2.40. The highest BCUT2D eigenvalue weighted by Gasteiger charge is 2.01. The van der Waals surface area contributed by atoms with E-state index in [0.29, 0.717) is 0 Å². The Morgan fingerprint density at radius 1 is 0.938 bits per heavy atom. The Morgan fingerprint density at radius 3 is 2.56 bits per heavy atom. The molecule has 1 aromatic carbocycles. The number of hydrogen-bond acceptors (Lipinski definition) is 2. The third kappa shape index (κ3) is 1.50. The maximum Gasteiger partial charge on any atom is 0.116 e. The van der Waals surface area contributed by atoms with Crippen LogP contribution in [0.15, 0.2) is 61.6 Å². The molecule has 0 radical (unpaired) electrons. The minimum Gasteiger partial charge on any atom is -0.243 e. The van der Waals surface area contributed by atoms with Crippen molar-refractivity contribution in [1.29, 1.82) is 0 Å². The number of imidazole rings is 2. The monoisotopic (exact) mass is 210 g/mol. The van der Waals surface area contributed by atoms with Gasteiger partial charge in [-0.1, -0.05) is 30.3 Å². The number of benzene rings is 1. The second-order valence-electron chi connectivity index (χ2n) is 3.45. The summed E-state index contributed by atoms with van der Waals surface area (Å²) in [5.41, 5.74) is 2.07. The van der Waals surface area contributed by atoms with E-state index in [2.05, 4.69) is 9.97 Å². The van der Waals surface area contributed by atoms with Crippen LogP contribution in [-0.2, 0) is 0 Å². The molecule has 2 aromatic heterocycles. The van der Waals surface area contributed by atoms with Crippen LogP contribution >= 0.6 is 0 Å². The van der Waals surface area contributed by atoms with Gasteiger partial charge in [-0.2, -0.15) is 0 Å². The average molecular weight is 210 g/mol. The van der Waals surface area contributed by atoms with E-state index in [0.717, 1.165) is 11.3 Å². The van der Waals surface area contributed by atoms with Crippen LogP contribution in [0.2, 0.25) is 0 Å². The summed E-state index contributed by atoms with van der Waals surface area (Å²) in [6.45, 7) is 0. The van der Waals surface area contributed by atoms with Gasteiger partial charge in [0, 0.05) is 18.0 Å². The van der Waals surface area contributed by atoms with Gasteiger partial charge in [-0.25, -0.2) is 19.3 Å². The molecule has 0 aliphatic carbocycles. The molecular weight excluding hydrogens is 200 g/mol. The van der Waals surface area contributed by atoms with Crippen molar-refractivity contribution in [2.24, 2.45) is 0 Å². The third-order valence-corrected chi connectivity index (χ3v) is 2.40. The molecule has 0 fully saturated rings. The summed E-state index contributed by atoms with van der Waals surface area (Å²) in [7, 11) is 0. The fourth-order valence-electron chi connectivity index (χ4n) is 1.59. The summed E-state index contributed by atoms with van der Waals surface area (Å²) in [6.07, 6.45) is 9.08. The first kappa shape index (κ1) is 8.91. The zero-order valence-electron chi connectivity index (χ0n) is 8.56. The molecular formula is C12H10N4. The van der Waals surface area contributed by atoms with Crippen molar-refractivity contribution in [2.45, 2.75) is 0 Å². The van der Waals surface area contributed by atoms with Gasteiger partial charge in [0.2, 0.25) is 0 Å². The molecule has 0 saturated carbocycles. The standard InChI is InChI=1S/C12H10N4/c1-2-4-11(5-3-1)12-8-16(10-14-12)15-7-6-13-9-15/h1-10H. The highest BCUT2D eigenvalue weighted by Crippen LogP contribution is 2.15. The van der Waals surface area contributed by atoms with E-state index in [1.807, 2.05) is 52.1 Å². The largest absolute Gasteiger partial charge is 0.243 e. The highest BCUT2D eigenvalue weighted by molar-refractivity contribution is 5.57. The molecule has 0 saturated heterocycles. The summed E-state index contributed by atoms with van der Waals surface area (Å²) in [5, 5.41) is 0. The maximum absolute atomic E-state index is 4.36. The lowest BCUT2D eigenvalue weighted by atomic mass is 10.2. The molecule has 2 heterocycles. The number of nitrogens with zero attached hydrogens (tertiary/aromatic N) is 4. The Bertz CT molecular complexity index is 566. The second-order valence-corrected chi connectivity index (χ2v) is 3.45. The Kier molecular flexibility index (Phi) is 2.04. The van der Waals surface area contributed by atoms with Crippen LogP contribution in [-0.4, -0.2) is 19.3 Å².